The van der Waals surface area contributed by atoms with Crippen molar-refractivity contribution in [3.63, 3.8) is 0 Å². The summed E-state index contributed by atoms with van der Waals surface area (Å²) < 4.78 is 1.02. The minimum atomic E-state index is 0.226. The van der Waals surface area contributed by atoms with E-state index in [9.17, 15) is 4.79 Å². The molecule has 15 heavy (non-hydrogen) atoms. The first-order valence-electron chi connectivity index (χ1n) is 5.02. The Hall–Kier alpha value is -0.580. The summed E-state index contributed by atoms with van der Waals surface area (Å²) in [4.78, 5) is 10.8. The first-order valence-corrected chi connectivity index (χ1v) is 6.55. The zero-order chi connectivity index (χ0) is 11.3. The Morgan fingerprint density at radius 1 is 1.47 bits per heavy atom. The lowest BCUT2D eigenvalue weighted by Crippen LogP contribution is -2.06. The number of Topliss-reactive ketones (excluding diaryl/α,β-unsaturated/α-hetero) is 1. The maximum Gasteiger partial charge on any atom is 0.131 e. The number of carbonyl (C=O) groups is 1. The highest BCUT2D eigenvalue weighted by Gasteiger charge is 1.99. The minimum absolute atomic E-state index is 0.226. The molecule has 1 rings (SSSR count). The van der Waals surface area contributed by atoms with E-state index in [0.717, 1.165) is 16.7 Å². The maximum absolute atomic E-state index is 10.8. The van der Waals surface area contributed by atoms with E-state index in [-0.39, 0.29) is 5.78 Å². The molecule has 0 aliphatic rings. The van der Waals surface area contributed by atoms with Crippen molar-refractivity contribution in [1.82, 2.24) is 0 Å². The first kappa shape index (κ1) is 12.5. The summed E-state index contributed by atoms with van der Waals surface area (Å²) in [6, 6.07) is 6.33. The monoisotopic (exact) mass is 317 g/mol. The van der Waals surface area contributed by atoms with Crippen LogP contribution in [0, 0.1) is 6.92 Å². The van der Waals surface area contributed by atoms with Crippen molar-refractivity contribution >= 4 is 34.1 Å². The summed E-state index contributed by atoms with van der Waals surface area (Å²) in [6.07, 6.45) is 0.591. The number of ketones is 1. The fourth-order valence-electron chi connectivity index (χ4n) is 1.31. The van der Waals surface area contributed by atoms with Crippen LogP contribution in [0.25, 0.3) is 0 Å². The van der Waals surface area contributed by atoms with Gasteiger partial charge < -0.3 is 5.32 Å². The van der Waals surface area contributed by atoms with Crippen LogP contribution < -0.4 is 5.32 Å². The van der Waals surface area contributed by atoms with E-state index < -0.39 is 0 Å². The predicted octanol–water partition coefficient (Wildman–Crippen LogP) is 3.32. The van der Waals surface area contributed by atoms with Crippen molar-refractivity contribution in [3.8, 4) is 0 Å². The molecule has 0 heterocycles. The Balaban J connectivity index is 2.58. The highest BCUT2D eigenvalue weighted by Crippen LogP contribution is 2.17. The van der Waals surface area contributed by atoms with Crippen LogP contribution in [0.4, 0.5) is 5.69 Å². The summed E-state index contributed by atoms with van der Waals surface area (Å²) in [7, 11) is 0. The number of nitrogens with one attached hydrogen (secondary N) is 1. The average molecular weight is 317 g/mol. The topological polar surface area (TPSA) is 29.1 Å². The van der Waals surface area contributed by atoms with Crippen molar-refractivity contribution < 1.29 is 4.79 Å². The van der Waals surface area contributed by atoms with Crippen LogP contribution >= 0.6 is 22.6 Å². The molecule has 1 aromatic rings. The predicted molar refractivity (Wildman–Crippen MR) is 72.7 cm³/mol. The van der Waals surface area contributed by atoms with Crippen molar-refractivity contribution in [2.75, 3.05) is 11.9 Å². The van der Waals surface area contributed by atoms with Crippen LogP contribution in [-0.2, 0) is 9.22 Å². The van der Waals surface area contributed by atoms with Gasteiger partial charge in [0, 0.05) is 23.1 Å². The third-order valence-electron chi connectivity index (χ3n) is 2.30. The zero-order valence-electron chi connectivity index (χ0n) is 9.14. The van der Waals surface area contributed by atoms with E-state index in [2.05, 4.69) is 53.0 Å². The smallest absolute Gasteiger partial charge is 0.131 e. The fourth-order valence-corrected chi connectivity index (χ4v) is 2.13. The number of anilines is 1. The molecule has 0 aromatic heterocycles. The summed E-state index contributed by atoms with van der Waals surface area (Å²) in [6.45, 7) is 4.46. The molecule has 0 saturated heterocycles. The molecule has 1 N–H and O–H groups in total. The maximum atomic E-state index is 10.8. The second-order valence-electron chi connectivity index (χ2n) is 3.65. The van der Waals surface area contributed by atoms with Crippen molar-refractivity contribution in [1.29, 1.82) is 0 Å². The molecule has 0 atom stereocenters. The van der Waals surface area contributed by atoms with Gasteiger partial charge in [-0.05, 0) is 37.1 Å². The van der Waals surface area contributed by atoms with E-state index in [4.69, 9.17) is 0 Å². The largest absolute Gasteiger partial charge is 0.385 e. The number of benzene rings is 1. The Morgan fingerprint density at radius 3 is 2.80 bits per heavy atom. The number of hydrogen-bond acceptors (Lipinski definition) is 2. The van der Waals surface area contributed by atoms with Gasteiger partial charge in [0.2, 0.25) is 0 Å². The summed E-state index contributed by atoms with van der Waals surface area (Å²) >= 11 is 2.36. The van der Waals surface area contributed by atoms with Gasteiger partial charge in [-0.1, -0.05) is 28.7 Å². The van der Waals surface area contributed by atoms with Crippen LogP contribution in [0.1, 0.15) is 24.5 Å². The Kier molecular flexibility index (Phi) is 5.08. The lowest BCUT2D eigenvalue weighted by molar-refractivity contribution is -0.116. The van der Waals surface area contributed by atoms with Gasteiger partial charge in [-0.2, -0.15) is 0 Å². The third-order valence-corrected chi connectivity index (χ3v) is 3.12. The molecule has 0 fully saturated rings. The Bertz CT molecular complexity index is 349. The first-order chi connectivity index (χ1) is 7.13. The number of hydrogen-bond donors (Lipinski definition) is 1. The molecule has 0 aliphatic carbocycles. The van der Waals surface area contributed by atoms with Gasteiger partial charge in [0.15, 0.2) is 0 Å². The highest BCUT2D eigenvalue weighted by molar-refractivity contribution is 14.1. The molecule has 0 radical (unpaired) electrons. The Labute approximate surface area is 105 Å². The number of carbonyl (C=O) groups excluding carboxylic acids is 1. The quantitative estimate of drug-likeness (QED) is 0.667. The number of rotatable bonds is 5. The molecule has 0 aliphatic heterocycles. The number of aryl methyl sites for hydroxylation is 1. The van der Waals surface area contributed by atoms with Gasteiger partial charge in [0.05, 0.1) is 0 Å². The second kappa shape index (κ2) is 6.10. The molecule has 0 spiro atoms. The standard InChI is InChI=1S/C12H16INO/c1-9-3-4-12(7-11(9)8-13)14-6-5-10(2)15/h3-4,7,14H,5-6,8H2,1-2H3. The second-order valence-corrected chi connectivity index (χ2v) is 4.42. The Morgan fingerprint density at radius 2 is 2.20 bits per heavy atom. The van der Waals surface area contributed by atoms with Crippen molar-refractivity contribution in [3.05, 3.63) is 29.3 Å². The van der Waals surface area contributed by atoms with Crippen molar-refractivity contribution in [2.45, 2.75) is 24.7 Å². The molecule has 3 heteroatoms. The molecule has 0 bridgehead atoms. The summed E-state index contributed by atoms with van der Waals surface area (Å²) in [5.74, 6) is 0.226. The fraction of sp³-hybridized carbons (Fsp3) is 0.417. The molecule has 0 unspecified atom stereocenters. The SMILES string of the molecule is CC(=O)CCNc1ccc(C)c(CI)c1. The van der Waals surface area contributed by atoms with Crippen LogP contribution in [0.2, 0.25) is 0 Å². The van der Waals surface area contributed by atoms with Gasteiger partial charge in [0.1, 0.15) is 5.78 Å². The summed E-state index contributed by atoms with van der Waals surface area (Å²) in [5.41, 5.74) is 3.78. The van der Waals surface area contributed by atoms with Crippen molar-refractivity contribution in [2.24, 2.45) is 0 Å². The average Bonchev–Trinajstić information content (AvgIpc) is 2.20. The van der Waals surface area contributed by atoms with Crippen LogP contribution in [0.5, 0.6) is 0 Å². The summed E-state index contributed by atoms with van der Waals surface area (Å²) in [5, 5.41) is 3.25. The minimum Gasteiger partial charge on any atom is -0.385 e. The van der Waals surface area contributed by atoms with E-state index in [1.165, 1.54) is 11.1 Å². The van der Waals surface area contributed by atoms with Crippen LogP contribution in [0.3, 0.4) is 0 Å². The van der Waals surface area contributed by atoms with Gasteiger partial charge in [-0.3, -0.25) is 4.79 Å². The van der Waals surface area contributed by atoms with Gasteiger partial charge >= 0.3 is 0 Å². The molecule has 1 aromatic carbocycles. The van der Waals surface area contributed by atoms with E-state index >= 15 is 0 Å². The molecule has 82 valence electrons. The van der Waals surface area contributed by atoms with E-state index in [0.29, 0.717) is 6.42 Å². The van der Waals surface area contributed by atoms with Gasteiger partial charge in [-0.25, -0.2) is 0 Å². The third kappa shape index (κ3) is 4.20. The number of alkyl halides is 1. The highest BCUT2D eigenvalue weighted by atomic mass is 127. The molecule has 0 amide bonds. The normalized spacial score (nSPS) is 10.1. The van der Waals surface area contributed by atoms with Crippen LogP contribution in [0.15, 0.2) is 18.2 Å². The number of halogens is 1. The molecular formula is C12H16INO. The van der Waals surface area contributed by atoms with E-state index in [1.54, 1.807) is 6.92 Å². The van der Waals surface area contributed by atoms with Crippen LogP contribution in [-0.4, -0.2) is 12.3 Å². The molecule has 2 nitrogen and oxygen atoms in total. The van der Waals surface area contributed by atoms with Gasteiger partial charge in [-0.15, -0.1) is 0 Å². The van der Waals surface area contributed by atoms with Gasteiger partial charge in [0.25, 0.3) is 0 Å². The molecular weight excluding hydrogens is 301 g/mol. The lowest BCUT2D eigenvalue weighted by atomic mass is 10.1. The molecule has 0 saturated carbocycles. The zero-order valence-corrected chi connectivity index (χ0v) is 11.3. The lowest BCUT2D eigenvalue weighted by Gasteiger charge is -2.08. The van der Waals surface area contributed by atoms with E-state index in [1.807, 2.05) is 0 Å².